The SMILES string of the molecule is CN=C(NCCc1csc(C)n1)NCc1cnc(C)s1.I. The minimum Gasteiger partial charge on any atom is -0.356 e. The zero-order valence-electron chi connectivity index (χ0n) is 12.3. The first-order valence-corrected chi connectivity index (χ1v) is 8.14. The van der Waals surface area contributed by atoms with E-state index in [2.05, 4.69) is 31.0 Å². The molecule has 2 aromatic rings. The second-order valence-electron chi connectivity index (χ2n) is 4.31. The second kappa shape index (κ2) is 9.31. The molecule has 0 aliphatic carbocycles. The predicted molar refractivity (Wildman–Crippen MR) is 101 cm³/mol. The number of thiazole rings is 2. The maximum atomic E-state index is 4.44. The Morgan fingerprint density at radius 3 is 2.67 bits per heavy atom. The topological polar surface area (TPSA) is 62.2 Å². The number of hydrogen-bond donors (Lipinski definition) is 2. The molecule has 5 nitrogen and oxygen atoms in total. The highest BCUT2D eigenvalue weighted by molar-refractivity contribution is 14.0. The van der Waals surface area contributed by atoms with Crippen molar-refractivity contribution in [3.8, 4) is 0 Å². The Morgan fingerprint density at radius 2 is 2.10 bits per heavy atom. The van der Waals surface area contributed by atoms with Gasteiger partial charge in [0.05, 0.1) is 22.3 Å². The minimum absolute atomic E-state index is 0. The molecule has 116 valence electrons. The molecule has 0 saturated heterocycles. The summed E-state index contributed by atoms with van der Waals surface area (Å²) in [4.78, 5) is 14.1. The van der Waals surface area contributed by atoms with Crippen LogP contribution in [0.25, 0.3) is 0 Å². The maximum Gasteiger partial charge on any atom is 0.191 e. The van der Waals surface area contributed by atoms with E-state index in [1.54, 1.807) is 29.7 Å². The van der Waals surface area contributed by atoms with Crippen LogP contribution >= 0.6 is 46.7 Å². The Morgan fingerprint density at radius 1 is 1.29 bits per heavy atom. The number of rotatable bonds is 5. The zero-order valence-corrected chi connectivity index (χ0v) is 16.3. The van der Waals surface area contributed by atoms with E-state index < -0.39 is 0 Å². The molecule has 8 heteroatoms. The van der Waals surface area contributed by atoms with Gasteiger partial charge in [-0.1, -0.05) is 0 Å². The van der Waals surface area contributed by atoms with Crippen molar-refractivity contribution in [2.75, 3.05) is 13.6 Å². The van der Waals surface area contributed by atoms with E-state index >= 15 is 0 Å². The van der Waals surface area contributed by atoms with Crippen LogP contribution in [0, 0.1) is 13.8 Å². The van der Waals surface area contributed by atoms with Gasteiger partial charge in [0, 0.05) is 36.5 Å². The Balaban J connectivity index is 0.00000220. The molecule has 0 atom stereocenters. The first-order chi connectivity index (χ1) is 9.67. The summed E-state index contributed by atoms with van der Waals surface area (Å²) in [6, 6.07) is 0. The van der Waals surface area contributed by atoms with Gasteiger partial charge >= 0.3 is 0 Å². The highest BCUT2D eigenvalue weighted by Gasteiger charge is 2.02. The number of halogens is 1. The smallest absolute Gasteiger partial charge is 0.191 e. The third-order valence-corrected chi connectivity index (χ3v) is 4.40. The largest absolute Gasteiger partial charge is 0.356 e. The summed E-state index contributed by atoms with van der Waals surface area (Å²) in [5.74, 6) is 0.808. The molecule has 0 aliphatic rings. The van der Waals surface area contributed by atoms with Crippen LogP contribution in [0.1, 0.15) is 20.6 Å². The minimum atomic E-state index is 0. The van der Waals surface area contributed by atoms with Crippen LogP contribution in [0.2, 0.25) is 0 Å². The molecule has 2 heterocycles. The van der Waals surface area contributed by atoms with Crippen molar-refractivity contribution in [2.24, 2.45) is 4.99 Å². The van der Waals surface area contributed by atoms with Gasteiger partial charge in [-0.3, -0.25) is 4.99 Å². The first kappa shape index (κ1) is 18.3. The lowest BCUT2D eigenvalue weighted by molar-refractivity contribution is 0.789. The van der Waals surface area contributed by atoms with Crippen LogP contribution in [0.15, 0.2) is 16.6 Å². The lowest BCUT2D eigenvalue weighted by atomic mass is 10.3. The van der Waals surface area contributed by atoms with Crippen molar-refractivity contribution in [3.05, 3.63) is 32.2 Å². The summed E-state index contributed by atoms with van der Waals surface area (Å²) in [5.41, 5.74) is 1.13. The molecule has 2 rings (SSSR count). The van der Waals surface area contributed by atoms with Crippen LogP contribution in [0.4, 0.5) is 0 Å². The summed E-state index contributed by atoms with van der Waals surface area (Å²) in [6.07, 6.45) is 2.81. The Labute approximate surface area is 150 Å². The average Bonchev–Trinajstić information content (AvgIpc) is 3.02. The summed E-state index contributed by atoms with van der Waals surface area (Å²) < 4.78 is 0. The summed E-state index contributed by atoms with van der Waals surface area (Å²) in [5, 5.41) is 10.9. The number of hydrogen-bond acceptors (Lipinski definition) is 5. The summed E-state index contributed by atoms with van der Waals surface area (Å²) >= 11 is 3.39. The standard InChI is InChI=1S/C13H19N5S2.HI/c1-9-16-6-12(20-9)7-17-13(14-3)15-5-4-11-8-19-10(2)18-11;/h6,8H,4-5,7H2,1-3H3,(H2,14,15,17);1H. The molecule has 0 aliphatic heterocycles. The van der Waals surface area contributed by atoms with Crippen LogP contribution in [0.5, 0.6) is 0 Å². The van der Waals surface area contributed by atoms with E-state index in [0.717, 1.165) is 41.2 Å². The fourth-order valence-corrected chi connectivity index (χ4v) is 3.09. The Hall–Kier alpha value is -0.740. The van der Waals surface area contributed by atoms with Crippen LogP contribution in [-0.4, -0.2) is 29.5 Å². The molecule has 0 bridgehead atoms. The van der Waals surface area contributed by atoms with Crippen molar-refractivity contribution < 1.29 is 0 Å². The molecule has 2 N–H and O–H groups in total. The van der Waals surface area contributed by atoms with Gasteiger partial charge in [0.15, 0.2) is 5.96 Å². The van der Waals surface area contributed by atoms with Gasteiger partial charge in [-0.2, -0.15) is 0 Å². The third kappa shape index (κ3) is 6.27. The molecule has 0 amide bonds. The number of guanidine groups is 1. The molecule has 21 heavy (non-hydrogen) atoms. The Bertz CT molecular complexity index is 579. The van der Waals surface area contributed by atoms with Crippen molar-refractivity contribution in [2.45, 2.75) is 26.8 Å². The molecule has 0 saturated carbocycles. The molecular weight excluding hydrogens is 417 g/mol. The number of nitrogens with zero attached hydrogens (tertiary/aromatic N) is 3. The first-order valence-electron chi connectivity index (χ1n) is 6.44. The van der Waals surface area contributed by atoms with E-state index in [4.69, 9.17) is 0 Å². The van der Waals surface area contributed by atoms with Gasteiger partial charge in [0.1, 0.15) is 0 Å². The van der Waals surface area contributed by atoms with Crippen molar-refractivity contribution >= 4 is 52.6 Å². The molecule has 0 fully saturated rings. The molecule has 0 radical (unpaired) electrons. The second-order valence-corrected chi connectivity index (χ2v) is 6.69. The third-order valence-electron chi connectivity index (χ3n) is 2.66. The van der Waals surface area contributed by atoms with Crippen molar-refractivity contribution in [1.82, 2.24) is 20.6 Å². The van der Waals surface area contributed by atoms with Crippen molar-refractivity contribution in [3.63, 3.8) is 0 Å². The maximum absolute atomic E-state index is 4.44. The molecular formula is C13H20IN5S2. The normalized spacial score (nSPS) is 11.1. The molecule has 0 spiro atoms. The monoisotopic (exact) mass is 437 g/mol. The lowest BCUT2D eigenvalue weighted by Gasteiger charge is -2.10. The van der Waals surface area contributed by atoms with E-state index in [1.165, 1.54) is 4.88 Å². The Kier molecular flexibility index (Phi) is 8.12. The fourth-order valence-electron chi connectivity index (χ4n) is 1.71. The summed E-state index contributed by atoms with van der Waals surface area (Å²) in [6.45, 7) is 5.61. The summed E-state index contributed by atoms with van der Waals surface area (Å²) in [7, 11) is 1.78. The molecule has 2 aromatic heterocycles. The van der Waals surface area contributed by atoms with Crippen LogP contribution in [-0.2, 0) is 13.0 Å². The van der Waals surface area contributed by atoms with Crippen LogP contribution < -0.4 is 10.6 Å². The number of aromatic nitrogens is 2. The van der Waals surface area contributed by atoms with Gasteiger partial charge in [0.2, 0.25) is 0 Å². The van der Waals surface area contributed by atoms with Crippen LogP contribution in [0.3, 0.4) is 0 Å². The highest BCUT2D eigenvalue weighted by Crippen LogP contribution is 2.10. The number of nitrogens with one attached hydrogen (secondary N) is 2. The average molecular weight is 437 g/mol. The fraction of sp³-hybridized carbons (Fsp3) is 0.462. The zero-order chi connectivity index (χ0) is 14.4. The number of aryl methyl sites for hydroxylation is 2. The number of aliphatic imine (C=N–C) groups is 1. The predicted octanol–water partition coefficient (Wildman–Crippen LogP) is 2.74. The van der Waals surface area contributed by atoms with Gasteiger partial charge in [-0.15, -0.1) is 46.7 Å². The van der Waals surface area contributed by atoms with E-state index in [9.17, 15) is 0 Å². The highest BCUT2D eigenvalue weighted by atomic mass is 127. The molecule has 0 aromatic carbocycles. The lowest BCUT2D eigenvalue weighted by Crippen LogP contribution is -2.37. The van der Waals surface area contributed by atoms with Gasteiger partial charge in [-0.05, 0) is 13.8 Å². The van der Waals surface area contributed by atoms with Gasteiger partial charge in [-0.25, -0.2) is 9.97 Å². The van der Waals surface area contributed by atoms with Crippen molar-refractivity contribution in [1.29, 1.82) is 0 Å². The van der Waals surface area contributed by atoms with E-state index in [1.807, 2.05) is 20.0 Å². The van der Waals surface area contributed by atoms with E-state index in [0.29, 0.717) is 0 Å². The van der Waals surface area contributed by atoms with Gasteiger partial charge < -0.3 is 10.6 Å². The van der Waals surface area contributed by atoms with Gasteiger partial charge in [0.25, 0.3) is 0 Å². The quantitative estimate of drug-likeness (QED) is 0.429. The molecule has 0 unspecified atom stereocenters. The van der Waals surface area contributed by atoms with E-state index in [-0.39, 0.29) is 24.0 Å².